The Bertz CT molecular complexity index is 1260. The number of carboxylic acids is 1. The Kier molecular flexibility index (Phi) is 8.25. The topological polar surface area (TPSA) is 111 Å². The second-order valence-corrected chi connectivity index (χ2v) is 7.77. The van der Waals surface area contributed by atoms with Gasteiger partial charge in [0.1, 0.15) is 41.9 Å². The van der Waals surface area contributed by atoms with Crippen LogP contribution >= 0.6 is 0 Å². The smallest absolute Gasteiger partial charge is 0.487 e. The van der Waals surface area contributed by atoms with Gasteiger partial charge in [0, 0.05) is 11.6 Å². The molecule has 198 valence electrons. The second kappa shape index (κ2) is 11.2. The lowest BCUT2D eigenvalue weighted by Crippen LogP contribution is -2.37. The highest BCUT2D eigenvalue weighted by Crippen LogP contribution is 2.29. The molecule has 9 nitrogen and oxygen atoms in total. The number of carboxylic acid groups (broad SMARTS) is 1. The van der Waals surface area contributed by atoms with E-state index in [1.807, 2.05) is 0 Å². The number of benzene rings is 2. The van der Waals surface area contributed by atoms with Crippen LogP contribution in [-0.4, -0.2) is 47.1 Å². The Labute approximate surface area is 208 Å². The highest BCUT2D eigenvalue weighted by molar-refractivity contribution is 5.77. The minimum absolute atomic E-state index is 0.0830. The standard InChI is InChI=1S/C24H22F4N2O7/c1-13(30(11-21(31)32)23(33)34-3)16-8-17(25)10-19(9-16)35-12-20-14(2)36-22(29-20)15-4-6-18(7-5-15)37-24(26,27)28/h4-10,13H,11-12H2,1-3H3,(H,31,32). The molecule has 0 fully saturated rings. The van der Waals surface area contributed by atoms with E-state index >= 15 is 0 Å². The fraction of sp³-hybridized carbons (Fsp3) is 0.292. The molecule has 1 aromatic heterocycles. The number of oxazole rings is 1. The molecule has 0 radical (unpaired) electrons. The van der Waals surface area contributed by atoms with Crippen molar-refractivity contribution in [3.8, 4) is 23.0 Å². The van der Waals surface area contributed by atoms with Gasteiger partial charge in [0.2, 0.25) is 5.89 Å². The van der Waals surface area contributed by atoms with Crippen molar-refractivity contribution < 1.29 is 50.9 Å². The summed E-state index contributed by atoms with van der Waals surface area (Å²) in [5.41, 5.74) is 1.01. The molecule has 2 aromatic carbocycles. The number of carbonyl (C=O) groups is 2. The normalized spacial score (nSPS) is 12.1. The predicted octanol–water partition coefficient (Wildman–Crippen LogP) is 5.48. The van der Waals surface area contributed by atoms with Crippen LogP contribution in [0.2, 0.25) is 0 Å². The van der Waals surface area contributed by atoms with Crippen LogP contribution in [0.5, 0.6) is 11.5 Å². The van der Waals surface area contributed by atoms with Crippen LogP contribution in [0.25, 0.3) is 11.5 Å². The van der Waals surface area contributed by atoms with Gasteiger partial charge in [0.05, 0.1) is 13.2 Å². The number of aliphatic carboxylic acids is 1. The summed E-state index contributed by atoms with van der Waals surface area (Å²) in [6, 6.07) is 7.77. The van der Waals surface area contributed by atoms with Crippen molar-refractivity contribution >= 4 is 12.1 Å². The number of amides is 1. The minimum Gasteiger partial charge on any atom is -0.487 e. The van der Waals surface area contributed by atoms with Gasteiger partial charge in [-0.2, -0.15) is 0 Å². The Morgan fingerprint density at radius 1 is 1.14 bits per heavy atom. The number of rotatable bonds is 9. The zero-order valence-corrected chi connectivity index (χ0v) is 19.8. The number of ether oxygens (including phenoxy) is 3. The lowest BCUT2D eigenvalue weighted by atomic mass is 10.1. The number of aromatic nitrogens is 1. The van der Waals surface area contributed by atoms with E-state index in [1.54, 1.807) is 6.92 Å². The first kappa shape index (κ1) is 27.3. The molecule has 0 saturated heterocycles. The molecule has 0 bridgehead atoms. The van der Waals surface area contributed by atoms with E-state index in [2.05, 4.69) is 14.5 Å². The maximum Gasteiger partial charge on any atom is 0.573 e. The van der Waals surface area contributed by atoms with Crippen molar-refractivity contribution in [2.45, 2.75) is 32.9 Å². The Hall–Kier alpha value is -4.29. The summed E-state index contributed by atoms with van der Waals surface area (Å²) in [5, 5.41) is 9.10. The lowest BCUT2D eigenvalue weighted by Gasteiger charge is -2.27. The van der Waals surface area contributed by atoms with E-state index in [4.69, 9.17) is 14.3 Å². The second-order valence-electron chi connectivity index (χ2n) is 7.77. The van der Waals surface area contributed by atoms with Gasteiger partial charge < -0.3 is 23.7 Å². The zero-order chi connectivity index (χ0) is 27.3. The summed E-state index contributed by atoms with van der Waals surface area (Å²) in [4.78, 5) is 28.4. The van der Waals surface area contributed by atoms with Crippen molar-refractivity contribution in [2.75, 3.05) is 13.7 Å². The molecule has 37 heavy (non-hydrogen) atoms. The Balaban J connectivity index is 1.75. The molecule has 0 spiro atoms. The molecule has 13 heteroatoms. The summed E-state index contributed by atoms with van der Waals surface area (Å²) in [6.07, 6.45) is -5.71. The van der Waals surface area contributed by atoms with Crippen LogP contribution in [0.15, 0.2) is 46.9 Å². The molecule has 0 aliphatic heterocycles. The van der Waals surface area contributed by atoms with Crippen LogP contribution in [0, 0.1) is 12.7 Å². The quantitative estimate of drug-likeness (QED) is 0.365. The first-order chi connectivity index (χ1) is 17.4. The maximum atomic E-state index is 14.3. The van der Waals surface area contributed by atoms with Gasteiger partial charge in [-0.1, -0.05) is 0 Å². The lowest BCUT2D eigenvalue weighted by molar-refractivity contribution is -0.274. The van der Waals surface area contributed by atoms with E-state index in [0.29, 0.717) is 17.0 Å². The van der Waals surface area contributed by atoms with E-state index in [9.17, 15) is 27.2 Å². The number of nitrogens with zero attached hydrogens (tertiary/aromatic N) is 2. The Morgan fingerprint density at radius 3 is 2.41 bits per heavy atom. The highest BCUT2D eigenvalue weighted by atomic mass is 19.4. The van der Waals surface area contributed by atoms with Crippen molar-refractivity contribution in [3.05, 3.63) is 65.3 Å². The monoisotopic (exact) mass is 526 g/mol. The van der Waals surface area contributed by atoms with Crippen molar-refractivity contribution in [2.24, 2.45) is 0 Å². The third-order valence-electron chi connectivity index (χ3n) is 5.16. The van der Waals surface area contributed by atoms with Crippen molar-refractivity contribution in [1.29, 1.82) is 0 Å². The number of carbonyl (C=O) groups excluding carboxylic acids is 1. The molecule has 1 unspecified atom stereocenters. The van der Waals surface area contributed by atoms with Crippen LogP contribution < -0.4 is 9.47 Å². The fourth-order valence-electron chi connectivity index (χ4n) is 3.35. The third kappa shape index (κ3) is 7.35. The number of aryl methyl sites for hydroxylation is 1. The van der Waals surface area contributed by atoms with Gasteiger partial charge in [-0.25, -0.2) is 14.2 Å². The van der Waals surface area contributed by atoms with Crippen LogP contribution in [0.3, 0.4) is 0 Å². The van der Waals surface area contributed by atoms with Crippen molar-refractivity contribution in [3.63, 3.8) is 0 Å². The molecule has 0 aliphatic rings. The van der Waals surface area contributed by atoms with Gasteiger partial charge in [-0.3, -0.25) is 9.69 Å². The summed E-state index contributed by atoms with van der Waals surface area (Å²) >= 11 is 0. The van der Waals surface area contributed by atoms with Crippen LogP contribution in [0.1, 0.15) is 30.0 Å². The number of methoxy groups -OCH3 is 1. The maximum absolute atomic E-state index is 14.3. The molecule has 0 aliphatic carbocycles. The first-order valence-corrected chi connectivity index (χ1v) is 10.7. The largest absolute Gasteiger partial charge is 0.573 e. The summed E-state index contributed by atoms with van der Waals surface area (Å²) in [5.74, 6) is -1.77. The van der Waals surface area contributed by atoms with E-state index in [0.717, 1.165) is 36.3 Å². The molecule has 1 atom stereocenters. The molecular weight excluding hydrogens is 504 g/mol. The number of hydrogen-bond acceptors (Lipinski definition) is 7. The van der Waals surface area contributed by atoms with E-state index in [-0.39, 0.29) is 23.8 Å². The fourth-order valence-corrected chi connectivity index (χ4v) is 3.35. The first-order valence-electron chi connectivity index (χ1n) is 10.7. The van der Waals surface area contributed by atoms with E-state index < -0.39 is 42.6 Å². The molecule has 3 aromatic rings. The van der Waals surface area contributed by atoms with Crippen molar-refractivity contribution in [1.82, 2.24) is 9.88 Å². The van der Waals surface area contributed by atoms with Gasteiger partial charge in [-0.05, 0) is 55.8 Å². The van der Waals surface area contributed by atoms with Crippen LogP contribution in [-0.2, 0) is 16.1 Å². The van der Waals surface area contributed by atoms with Gasteiger partial charge in [-0.15, -0.1) is 13.2 Å². The Morgan fingerprint density at radius 2 is 1.81 bits per heavy atom. The third-order valence-corrected chi connectivity index (χ3v) is 5.16. The number of hydrogen-bond donors (Lipinski definition) is 1. The summed E-state index contributed by atoms with van der Waals surface area (Å²) in [6.45, 7) is 2.32. The van der Waals surface area contributed by atoms with Crippen LogP contribution in [0.4, 0.5) is 22.4 Å². The average molecular weight is 526 g/mol. The molecule has 1 heterocycles. The summed E-state index contributed by atoms with van der Waals surface area (Å²) < 4.78 is 71.1. The minimum atomic E-state index is -4.81. The average Bonchev–Trinajstić information content (AvgIpc) is 3.19. The molecule has 1 N–H and O–H groups in total. The van der Waals surface area contributed by atoms with Gasteiger partial charge in [0.25, 0.3) is 0 Å². The predicted molar refractivity (Wildman–Crippen MR) is 119 cm³/mol. The SMILES string of the molecule is COC(=O)N(CC(=O)O)C(C)c1cc(F)cc(OCc2nc(-c3ccc(OC(F)(F)F)cc3)oc2C)c1. The van der Waals surface area contributed by atoms with E-state index in [1.165, 1.54) is 25.1 Å². The summed E-state index contributed by atoms with van der Waals surface area (Å²) in [7, 11) is 1.10. The highest BCUT2D eigenvalue weighted by Gasteiger charge is 2.31. The van der Waals surface area contributed by atoms with Gasteiger partial charge >= 0.3 is 18.4 Å². The molecule has 1 amide bonds. The molecule has 0 saturated carbocycles. The van der Waals surface area contributed by atoms with Gasteiger partial charge in [0.15, 0.2) is 0 Å². The zero-order valence-electron chi connectivity index (χ0n) is 19.8. The molecular formula is C24H22F4N2O7. The number of alkyl halides is 3. The number of halogens is 4. The molecule has 3 rings (SSSR count).